The highest BCUT2D eigenvalue weighted by Gasteiger charge is 1.95. The van der Waals surface area contributed by atoms with Gasteiger partial charge in [-0.1, -0.05) is 12.1 Å². The van der Waals surface area contributed by atoms with E-state index in [1.54, 1.807) is 7.11 Å². The first-order valence-corrected chi connectivity index (χ1v) is 6.26. The van der Waals surface area contributed by atoms with Crippen molar-refractivity contribution in [1.82, 2.24) is 0 Å². The molecular formula is C14H22O4. The van der Waals surface area contributed by atoms with E-state index in [4.69, 9.17) is 19.3 Å². The molecule has 1 aromatic rings. The fourth-order valence-corrected chi connectivity index (χ4v) is 1.44. The standard InChI is InChI=1S/C14H22O4/c1-16-14-6-4-13(5-7-14)12-18-11-3-10-17-9-2-8-15/h4-7,15H,2-3,8-12H2,1H3. The van der Waals surface area contributed by atoms with Crippen LogP contribution in [0.2, 0.25) is 0 Å². The van der Waals surface area contributed by atoms with Crippen molar-refractivity contribution in [3.05, 3.63) is 29.8 Å². The van der Waals surface area contributed by atoms with Crippen molar-refractivity contribution in [1.29, 1.82) is 0 Å². The maximum atomic E-state index is 8.56. The van der Waals surface area contributed by atoms with Gasteiger partial charge in [0.15, 0.2) is 0 Å². The Bertz CT molecular complexity index is 297. The van der Waals surface area contributed by atoms with E-state index in [-0.39, 0.29) is 6.61 Å². The first-order valence-electron chi connectivity index (χ1n) is 6.26. The smallest absolute Gasteiger partial charge is 0.118 e. The van der Waals surface area contributed by atoms with Gasteiger partial charge in [-0.05, 0) is 30.5 Å². The summed E-state index contributed by atoms with van der Waals surface area (Å²) in [5, 5.41) is 8.56. The Morgan fingerprint density at radius 2 is 1.61 bits per heavy atom. The summed E-state index contributed by atoms with van der Waals surface area (Å²) in [4.78, 5) is 0. The van der Waals surface area contributed by atoms with Crippen LogP contribution in [0.3, 0.4) is 0 Å². The molecule has 0 aliphatic heterocycles. The summed E-state index contributed by atoms with van der Waals surface area (Å²) < 4.78 is 15.9. The monoisotopic (exact) mass is 254 g/mol. The van der Waals surface area contributed by atoms with Gasteiger partial charge in [-0.3, -0.25) is 0 Å². The van der Waals surface area contributed by atoms with E-state index in [0.717, 1.165) is 17.7 Å². The molecule has 4 nitrogen and oxygen atoms in total. The molecule has 1 aromatic carbocycles. The van der Waals surface area contributed by atoms with Crippen LogP contribution in [0.1, 0.15) is 18.4 Å². The SMILES string of the molecule is COc1ccc(COCCCOCCCO)cc1. The van der Waals surface area contributed by atoms with Gasteiger partial charge in [0.25, 0.3) is 0 Å². The zero-order chi connectivity index (χ0) is 13.1. The summed E-state index contributed by atoms with van der Waals surface area (Å²) in [6.45, 7) is 2.79. The second-order valence-electron chi connectivity index (χ2n) is 3.94. The van der Waals surface area contributed by atoms with Gasteiger partial charge in [-0.15, -0.1) is 0 Å². The summed E-state index contributed by atoms with van der Waals surface area (Å²) in [5.41, 5.74) is 1.14. The highest BCUT2D eigenvalue weighted by Crippen LogP contribution is 2.11. The molecule has 0 fully saturated rings. The molecule has 0 radical (unpaired) electrons. The van der Waals surface area contributed by atoms with Crippen molar-refractivity contribution in [3.8, 4) is 5.75 Å². The van der Waals surface area contributed by atoms with Crippen LogP contribution in [0.4, 0.5) is 0 Å². The Kier molecular flexibility index (Phi) is 8.21. The van der Waals surface area contributed by atoms with Crippen molar-refractivity contribution in [2.24, 2.45) is 0 Å². The van der Waals surface area contributed by atoms with Crippen molar-refractivity contribution in [3.63, 3.8) is 0 Å². The molecule has 0 saturated heterocycles. The molecule has 0 heterocycles. The maximum absolute atomic E-state index is 8.56. The summed E-state index contributed by atoms with van der Waals surface area (Å²) >= 11 is 0. The zero-order valence-electron chi connectivity index (χ0n) is 10.9. The first kappa shape index (κ1) is 15.0. The minimum Gasteiger partial charge on any atom is -0.497 e. The van der Waals surface area contributed by atoms with Crippen LogP contribution in [-0.2, 0) is 16.1 Å². The lowest BCUT2D eigenvalue weighted by molar-refractivity contribution is 0.0702. The van der Waals surface area contributed by atoms with Crippen molar-refractivity contribution < 1.29 is 19.3 Å². The van der Waals surface area contributed by atoms with E-state index in [9.17, 15) is 0 Å². The Morgan fingerprint density at radius 1 is 0.944 bits per heavy atom. The van der Waals surface area contributed by atoms with Gasteiger partial charge < -0.3 is 19.3 Å². The molecule has 0 aromatic heterocycles. The number of ether oxygens (including phenoxy) is 3. The van der Waals surface area contributed by atoms with Crippen molar-refractivity contribution in [2.75, 3.05) is 33.5 Å². The van der Waals surface area contributed by atoms with E-state index in [2.05, 4.69) is 0 Å². The molecule has 0 saturated carbocycles. The fraction of sp³-hybridized carbons (Fsp3) is 0.571. The Balaban J connectivity index is 2.00. The van der Waals surface area contributed by atoms with E-state index in [0.29, 0.717) is 32.8 Å². The fourth-order valence-electron chi connectivity index (χ4n) is 1.44. The number of rotatable bonds is 10. The Labute approximate surface area is 108 Å². The normalized spacial score (nSPS) is 10.6. The van der Waals surface area contributed by atoms with E-state index < -0.39 is 0 Å². The van der Waals surface area contributed by atoms with Gasteiger partial charge in [0.05, 0.1) is 13.7 Å². The van der Waals surface area contributed by atoms with Gasteiger partial charge in [0.2, 0.25) is 0 Å². The molecule has 0 amide bonds. The van der Waals surface area contributed by atoms with Crippen LogP contribution in [0.25, 0.3) is 0 Å². The highest BCUT2D eigenvalue weighted by atomic mass is 16.5. The molecule has 102 valence electrons. The minimum absolute atomic E-state index is 0.188. The topological polar surface area (TPSA) is 47.9 Å². The molecule has 1 N–H and O–H groups in total. The van der Waals surface area contributed by atoms with E-state index >= 15 is 0 Å². The summed E-state index contributed by atoms with van der Waals surface area (Å²) in [6.07, 6.45) is 1.58. The minimum atomic E-state index is 0.188. The van der Waals surface area contributed by atoms with Crippen LogP contribution in [0, 0.1) is 0 Å². The molecular weight excluding hydrogens is 232 g/mol. The number of aliphatic hydroxyl groups excluding tert-OH is 1. The predicted octanol–water partition coefficient (Wildman–Crippen LogP) is 2.00. The molecule has 4 heteroatoms. The predicted molar refractivity (Wildman–Crippen MR) is 69.8 cm³/mol. The van der Waals surface area contributed by atoms with Gasteiger partial charge >= 0.3 is 0 Å². The second kappa shape index (κ2) is 9.88. The second-order valence-corrected chi connectivity index (χ2v) is 3.94. The first-order chi connectivity index (χ1) is 8.86. The van der Waals surface area contributed by atoms with Crippen LogP contribution >= 0.6 is 0 Å². The third kappa shape index (κ3) is 6.59. The van der Waals surface area contributed by atoms with E-state index in [1.807, 2.05) is 24.3 Å². The molecule has 0 atom stereocenters. The lowest BCUT2D eigenvalue weighted by atomic mass is 10.2. The Morgan fingerprint density at radius 3 is 2.28 bits per heavy atom. The summed E-state index contributed by atoms with van der Waals surface area (Å²) in [6, 6.07) is 7.85. The van der Waals surface area contributed by atoms with Crippen LogP contribution in [0.15, 0.2) is 24.3 Å². The van der Waals surface area contributed by atoms with Gasteiger partial charge in [0, 0.05) is 26.4 Å². The molecule has 0 unspecified atom stereocenters. The molecule has 0 spiro atoms. The Hall–Kier alpha value is -1.10. The van der Waals surface area contributed by atoms with Crippen LogP contribution < -0.4 is 4.74 Å². The molecule has 0 aliphatic carbocycles. The lowest BCUT2D eigenvalue weighted by Gasteiger charge is -2.06. The number of hydrogen-bond acceptors (Lipinski definition) is 4. The third-order valence-electron chi connectivity index (χ3n) is 2.45. The van der Waals surface area contributed by atoms with E-state index in [1.165, 1.54) is 0 Å². The number of methoxy groups -OCH3 is 1. The molecule has 0 bridgehead atoms. The quantitative estimate of drug-likeness (QED) is 0.649. The lowest BCUT2D eigenvalue weighted by Crippen LogP contribution is -2.03. The zero-order valence-corrected chi connectivity index (χ0v) is 10.9. The number of aliphatic hydroxyl groups is 1. The van der Waals surface area contributed by atoms with Gasteiger partial charge in [-0.25, -0.2) is 0 Å². The molecule has 0 aliphatic rings. The van der Waals surface area contributed by atoms with Crippen molar-refractivity contribution in [2.45, 2.75) is 19.4 Å². The highest BCUT2D eigenvalue weighted by molar-refractivity contribution is 5.26. The summed E-state index contributed by atoms with van der Waals surface area (Å²) in [7, 11) is 1.66. The van der Waals surface area contributed by atoms with Crippen LogP contribution in [-0.4, -0.2) is 38.6 Å². The van der Waals surface area contributed by atoms with Gasteiger partial charge in [0.1, 0.15) is 5.75 Å². The van der Waals surface area contributed by atoms with Crippen LogP contribution in [0.5, 0.6) is 5.75 Å². The van der Waals surface area contributed by atoms with Crippen molar-refractivity contribution >= 4 is 0 Å². The average Bonchev–Trinajstić information content (AvgIpc) is 2.42. The largest absolute Gasteiger partial charge is 0.497 e. The number of hydrogen-bond donors (Lipinski definition) is 1. The molecule has 18 heavy (non-hydrogen) atoms. The molecule has 1 rings (SSSR count). The number of benzene rings is 1. The summed E-state index contributed by atoms with van der Waals surface area (Å²) in [5.74, 6) is 0.857. The average molecular weight is 254 g/mol. The van der Waals surface area contributed by atoms with Gasteiger partial charge in [-0.2, -0.15) is 0 Å². The maximum Gasteiger partial charge on any atom is 0.118 e. The third-order valence-corrected chi connectivity index (χ3v) is 2.45.